The zero-order valence-corrected chi connectivity index (χ0v) is 14.4. The molecule has 122 valence electrons. The fourth-order valence-corrected chi connectivity index (χ4v) is 3.94. The normalized spacial score (nSPS) is 34.3. The van der Waals surface area contributed by atoms with Crippen molar-refractivity contribution in [2.75, 3.05) is 26.7 Å². The van der Waals surface area contributed by atoms with Gasteiger partial charge in [0.25, 0.3) is 0 Å². The average Bonchev–Trinajstić information content (AvgIpc) is 3.06. The first-order valence-corrected chi connectivity index (χ1v) is 8.42. The van der Waals surface area contributed by atoms with E-state index in [0.29, 0.717) is 18.1 Å². The third-order valence-corrected chi connectivity index (χ3v) is 5.59. The number of likely N-dealkylation sites (N-methyl/N-ethyl adjacent to an activating group) is 1. The van der Waals surface area contributed by atoms with E-state index in [2.05, 4.69) is 31.0 Å². The standard InChI is InChI=1S/C17H32N2O2/c1-6-21-15(20)17(18-5)9-7-14(11-17)19-10-8-13(12-19)16(2,3)4/h13-14,18H,6-12H2,1-5H3. The minimum Gasteiger partial charge on any atom is -0.465 e. The molecule has 0 aromatic heterocycles. The Morgan fingerprint density at radius 3 is 2.62 bits per heavy atom. The molecule has 0 radical (unpaired) electrons. The molecule has 2 rings (SSSR count). The summed E-state index contributed by atoms with van der Waals surface area (Å²) in [6, 6.07) is 0.522. The molecule has 0 aromatic carbocycles. The van der Waals surface area contributed by atoms with Crippen molar-refractivity contribution < 1.29 is 9.53 Å². The van der Waals surface area contributed by atoms with Crippen LogP contribution in [0, 0.1) is 11.3 Å². The molecule has 1 aliphatic heterocycles. The molecule has 3 atom stereocenters. The van der Waals surface area contributed by atoms with Gasteiger partial charge in [0, 0.05) is 12.6 Å². The fourth-order valence-electron chi connectivity index (χ4n) is 3.94. The maximum Gasteiger partial charge on any atom is 0.326 e. The minimum absolute atomic E-state index is 0.0680. The lowest BCUT2D eigenvalue weighted by atomic mass is 9.80. The van der Waals surface area contributed by atoms with Gasteiger partial charge in [0.1, 0.15) is 5.54 Å². The van der Waals surface area contributed by atoms with E-state index >= 15 is 0 Å². The first-order valence-electron chi connectivity index (χ1n) is 8.42. The summed E-state index contributed by atoms with van der Waals surface area (Å²) < 4.78 is 5.29. The topological polar surface area (TPSA) is 41.6 Å². The third-order valence-electron chi connectivity index (χ3n) is 5.59. The molecule has 2 fully saturated rings. The van der Waals surface area contributed by atoms with Crippen LogP contribution >= 0.6 is 0 Å². The molecule has 3 unspecified atom stereocenters. The van der Waals surface area contributed by atoms with Gasteiger partial charge in [-0.15, -0.1) is 0 Å². The van der Waals surface area contributed by atoms with Gasteiger partial charge in [0.15, 0.2) is 0 Å². The van der Waals surface area contributed by atoms with Crippen LogP contribution in [0.5, 0.6) is 0 Å². The van der Waals surface area contributed by atoms with Gasteiger partial charge in [-0.25, -0.2) is 0 Å². The monoisotopic (exact) mass is 296 g/mol. The molecule has 4 heteroatoms. The molecule has 1 saturated heterocycles. The zero-order valence-electron chi connectivity index (χ0n) is 14.4. The summed E-state index contributed by atoms with van der Waals surface area (Å²) >= 11 is 0. The molecular weight excluding hydrogens is 264 g/mol. The smallest absolute Gasteiger partial charge is 0.326 e. The van der Waals surface area contributed by atoms with Gasteiger partial charge in [-0.3, -0.25) is 9.69 Å². The van der Waals surface area contributed by atoms with E-state index in [-0.39, 0.29) is 5.97 Å². The van der Waals surface area contributed by atoms with E-state index in [1.54, 1.807) is 0 Å². The van der Waals surface area contributed by atoms with Crippen LogP contribution in [0.2, 0.25) is 0 Å². The maximum atomic E-state index is 12.3. The third kappa shape index (κ3) is 3.42. The second kappa shape index (κ2) is 6.25. The molecule has 2 aliphatic rings. The summed E-state index contributed by atoms with van der Waals surface area (Å²) in [6.45, 7) is 11.7. The Morgan fingerprint density at radius 1 is 1.38 bits per heavy atom. The van der Waals surface area contributed by atoms with Gasteiger partial charge in [0.2, 0.25) is 0 Å². The number of carbonyl (C=O) groups excluding carboxylic acids is 1. The molecule has 1 aliphatic carbocycles. The van der Waals surface area contributed by atoms with E-state index in [0.717, 1.165) is 25.2 Å². The molecule has 1 saturated carbocycles. The maximum absolute atomic E-state index is 12.3. The second-order valence-corrected chi connectivity index (χ2v) is 7.80. The predicted molar refractivity (Wildman–Crippen MR) is 85.2 cm³/mol. The Morgan fingerprint density at radius 2 is 2.10 bits per heavy atom. The van der Waals surface area contributed by atoms with Crippen LogP contribution in [-0.2, 0) is 9.53 Å². The second-order valence-electron chi connectivity index (χ2n) is 7.80. The highest BCUT2D eigenvalue weighted by Gasteiger charge is 2.48. The number of rotatable bonds is 4. The largest absolute Gasteiger partial charge is 0.465 e. The molecule has 1 heterocycles. The SMILES string of the molecule is CCOC(=O)C1(NC)CCC(N2CCC(C(C)(C)C)C2)C1. The Kier molecular flexibility index (Phi) is 4.99. The highest BCUT2D eigenvalue weighted by atomic mass is 16.5. The summed E-state index contributed by atoms with van der Waals surface area (Å²) in [5.41, 5.74) is -0.0743. The van der Waals surface area contributed by atoms with Crippen molar-refractivity contribution in [2.24, 2.45) is 11.3 Å². The predicted octanol–water partition coefficient (Wildman–Crippen LogP) is 2.43. The number of esters is 1. The van der Waals surface area contributed by atoms with E-state index in [1.807, 2.05) is 14.0 Å². The minimum atomic E-state index is -0.458. The van der Waals surface area contributed by atoms with Crippen molar-refractivity contribution in [1.29, 1.82) is 0 Å². The van der Waals surface area contributed by atoms with E-state index in [1.165, 1.54) is 19.5 Å². The molecule has 0 amide bonds. The summed E-state index contributed by atoms with van der Waals surface area (Å²) in [5.74, 6) is 0.700. The van der Waals surface area contributed by atoms with E-state index in [9.17, 15) is 4.79 Å². The Hall–Kier alpha value is -0.610. The van der Waals surface area contributed by atoms with Gasteiger partial charge < -0.3 is 10.1 Å². The van der Waals surface area contributed by atoms with Crippen molar-refractivity contribution in [2.45, 2.75) is 65.0 Å². The van der Waals surface area contributed by atoms with Crippen LogP contribution in [0.15, 0.2) is 0 Å². The number of nitrogens with zero attached hydrogens (tertiary/aromatic N) is 1. The molecular formula is C17H32N2O2. The van der Waals surface area contributed by atoms with Crippen molar-refractivity contribution in [3.8, 4) is 0 Å². The lowest BCUT2D eigenvalue weighted by molar-refractivity contribution is -0.151. The molecule has 0 bridgehead atoms. The summed E-state index contributed by atoms with van der Waals surface area (Å²) in [7, 11) is 1.89. The van der Waals surface area contributed by atoms with Gasteiger partial charge in [-0.1, -0.05) is 20.8 Å². The van der Waals surface area contributed by atoms with E-state index in [4.69, 9.17) is 4.74 Å². The van der Waals surface area contributed by atoms with Crippen LogP contribution in [0.1, 0.15) is 53.4 Å². The lowest BCUT2D eigenvalue weighted by Crippen LogP contribution is -2.50. The first kappa shape index (κ1) is 16.8. The van der Waals surface area contributed by atoms with Crippen LogP contribution in [0.4, 0.5) is 0 Å². The quantitative estimate of drug-likeness (QED) is 0.809. The van der Waals surface area contributed by atoms with Crippen molar-refractivity contribution >= 4 is 5.97 Å². The molecule has 0 spiro atoms. The van der Waals surface area contributed by atoms with Gasteiger partial charge in [-0.05, 0) is 57.5 Å². The van der Waals surface area contributed by atoms with Crippen LogP contribution in [0.25, 0.3) is 0 Å². The summed E-state index contributed by atoms with van der Waals surface area (Å²) in [4.78, 5) is 14.9. The summed E-state index contributed by atoms with van der Waals surface area (Å²) in [5, 5.41) is 3.26. The number of ether oxygens (including phenoxy) is 1. The van der Waals surface area contributed by atoms with Crippen LogP contribution < -0.4 is 5.32 Å². The number of hydrogen-bond acceptors (Lipinski definition) is 4. The van der Waals surface area contributed by atoms with Gasteiger partial charge in [0.05, 0.1) is 6.61 Å². The molecule has 21 heavy (non-hydrogen) atoms. The number of hydrogen-bond donors (Lipinski definition) is 1. The zero-order chi connectivity index (χ0) is 15.7. The Labute approximate surface area is 129 Å². The first-order chi connectivity index (χ1) is 9.82. The van der Waals surface area contributed by atoms with Crippen LogP contribution in [0.3, 0.4) is 0 Å². The number of nitrogens with one attached hydrogen (secondary N) is 1. The molecule has 0 aromatic rings. The Bertz CT molecular complexity index is 377. The van der Waals surface area contributed by atoms with Crippen molar-refractivity contribution in [3.63, 3.8) is 0 Å². The Balaban J connectivity index is 1.97. The lowest BCUT2D eigenvalue weighted by Gasteiger charge is -2.31. The number of carbonyl (C=O) groups is 1. The van der Waals surface area contributed by atoms with E-state index < -0.39 is 5.54 Å². The van der Waals surface area contributed by atoms with Gasteiger partial charge in [-0.2, -0.15) is 0 Å². The highest BCUT2D eigenvalue weighted by Crippen LogP contribution is 2.39. The molecule has 4 nitrogen and oxygen atoms in total. The van der Waals surface area contributed by atoms with Crippen molar-refractivity contribution in [3.05, 3.63) is 0 Å². The van der Waals surface area contributed by atoms with Crippen LogP contribution in [-0.4, -0.2) is 49.2 Å². The van der Waals surface area contributed by atoms with Crippen molar-refractivity contribution in [1.82, 2.24) is 10.2 Å². The average molecular weight is 296 g/mol. The number of likely N-dealkylation sites (tertiary alicyclic amines) is 1. The molecule has 1 N–H and O–H groups in total. The van der Waals surface area contributed by atoms with Gasteiger partial charge >= 0.3 is 5.97 Å². The fraction of sp³-hybridized carbons (Fsp3) is 0.941. The summed E-state index contributed by atoms with van der Waals surface area (Å²) in [6.07, 6.45) is 4.16. The highest BCUT2D eigenvalue weighted by molar-refractivity contribution is 5.81.